The van der Waals surface area contributed by atoms with E-state index in [0.29, 0.717) is 30.9 Å². The molecule has 0 aromatic heterocycles. The lowest BCUT2D eigenvalue weighted by Crippen LogP contribution is -2.37. The van der Waals surface area contributed by atoms with Crippen LogP contribution in [0.15, 0.2) is 12.1 Å². The second-order valence-electron chi connectivity index (χ2n) is 4.32. The first-order chi connectivity index (χ1) is 9.99. The van der Waals surface area contributed by atoms with Crippen LogP contribution in [0.1, 0.15) is 23.7 Å². The fourth-order valence-electron chi connectivity index (χ4n) is 1.59. The van der Waals surface area contributed by atoms with Gasteiger partial charge in [-0.15, -0.1) is 0 Å². The van der Waals surface area contributed by atoms with Crippen molar-refractivity contribution in [2.45, 2.75) is 19.4 Å². The minimum Gasteiger partial charge on any atom is -0.479 e. The first-order valence-electron chi connectivity index (χ1n) is 6.37. The zero-order valence-corrected chi connectivity index (χ0v) is 13.3. The molecule has 21 heavy (non-hydrogen) atoms. The highest BCUT2D eigenvalue weighted by Gasteiger charge is 2.18. The van der Waals surface area contributed by atoms with E-state index in [1.165, 1.54) is 12.1 Å². The predicted octanol–water partition coefficient (Wildman–Crippen LogP) is 2.73. The largest absolute Gasteiger partial charge is 0.479 e. The standard InChI is InChI=1S/C14H17Cl2NO4/c1-9(14(19)17-4-3-5-20-2)21-13-10(8-18)6-11(15)7-12(13)16/h6-9H,3-5H2,1-2H3,(H,17,19). The third-order valence-corrected chi connectivity index (χ3v) is 3.15. The Morgan fingerprint density at radius 1 is 1.43 bits per heavy atom. The summed E-state index contributed by atoms with van der Waals surface area (Å²) in [5, 5.41) is 3.21. The number of carbonyl (C=O) groups excluding carboxylic acids is 2. The van der Waals surface area contributed by atoms with Crippen molar-refractivity contribution in [3.8, 4) is 5.75 Å². The molecule has 5 nitrogen and oxygen atoms in total. The lowest BCUT2D eigenvalue weighted by Gasteiger charge is -2.17. The fourth-order valence-corrected chi connectivity index (χ4v) is 2.15. The SMILES string of the molecule is COCCCNC(=O)C(C)Oc1c(Cl)cc(Cl)cc1C=O. The summed E-state index contributed by atoms with van der Waals surface area (Å²) >= 11 is 11.8. The molecule has 0 spiro atoms. The van der Waals surface area contributed by atoms with E-state index in [2.05, 4.69) is 5.32 Å². The third-order valence-electron chi connectivity index (χ3n) is 2.65. The highest BCUT2D eigenvalue weighted by molar-refractivity contribution is 6.36. The molecule has 7 heteroatoms. The molecule has 0 aliphatic carbocycles. The summed E-state index contributed by atoms with van der Waals surface area (Å²) in [6.07, 6.45) is 0.497. The highest BCUT2D eigenvalue weighted by Crippen LogP contribution is 2.32. The van der Waals surface area contributed by atoms with Crippen molar-refractivity contribution >= 4 is 35.4 Å². The second-order valence-corrected chi connectivity index (χ2v) is 5.16. The average Bonchev–Trinajstić information content (AvgIpc) is 2.45. The van der Waals surface area contributed by atoms with Crippen molar-refractivity contribution in [1.82, 2.24) is 5.32 Å². The number of benzene rings is 1. The Kier molecular flexibility index (Phi) is 7.50. The lowest BCUT2D eigenvalue weighted by atomic mass is 10.2. The van der Waals surface area contributed by atoms with Crippen LogP contribution < -0.4 is 10.1 Å². The minimum atomic E-state index is -0.787. The maximum absolute atomic E-state index is 11.9. The van der Waals surface area contributed by atoms with Crippen LogP contribution in [0.3, 0.4) is 0 Å². The van der Waals surface area contributed by atoms with E-state index in [1.807, 2.05) is 0 Å². The third kappa shape index (κ3) is 5.53. The van der Waals surface area contributed by atoms with Crippen LogP contribution >= 0.6 is 23.2 Å². The van der Waals surface area contributed by atoms with Gasteiger partial charge >= 0.3 is 0 Å². The maximum Gasteiger partial charge on any atom is 0.260 e. The molecule has 0 aliphatic heterocycles. The quantitative estimate of drug-likeness (QED) is 0.586. The van der Waals surface area contributed by atoms with Gasteiger partial charge in [0.2, 0.25) is 0 Å². The molecular formula is C14H17Cl2NO4. The van der Waals surface area contributed by atoms with Crippen LogP contribution in [0.2, 0.25) is 10.0 Å². The van der Waals surface area contributed by atoms with Gasteiger partial charge in [0.1, 0.15) is 5.75 Å². The Labute approximate surface area is 133 Å². The van der Waals surface area contributed by atoms with Gasteiger partial charge in [0.05, 0.1) is 10.6 Å². The Balaban J connectivity index is 2.68. The molecule has 1 aromatic rings. The van der Waals surface area contributed by atoms with E-state index in [1.54, 1.807) is 14.0 Å². The van der Waals surface area contributed by atoms with Gasteiger partial charge in [-0.25, -0.2) is 0 Å². The summed E-state index contributed by atoms with van der Waals surface area (Å²) in [5.41, 5.74) is 0.200. The van der Waals surface area contributed by atoms with Crippen molar-refractivity contribution in [3.05, 3.63) is 27.7 Å². The number of methoxy groups -OCH3 is 1. The molecule has 0 heterocycles. The monoisotopic (exact) mass is 333 g/mol. The molecule has 1 rings (SSSR count). The van der Waals surface area contributed by atoms with Gasteiger partial charge < -0.3 is 14.8 Å². The molecule has 1 atom stereocenters. The number of carbonyl (C=O) groups is 2. The van der Waals surface area contributed by atoms with Crippen molar-refractivity contribution in [3.63, 3.8) is 0 Å². The molecule has 1 N–H and O–H groups in total. The number of nitrogens with one attached hydrogen (secondary N) is 1. The number of halogens is 2. The molecule has 116 valence electrons. The van der Waals surface area contributed by atoms with Crippen LogP contribution in [-0.2, 0) is 9.53 Å². The summed E-state index contributed by atoms with van der Waals surface area (Å²) in [6.45, 7) is 2.62. The van der Waals surface area contributed by atoms with Crippen LogP contribution in [0.4, 0.5) is 0 Å². The smallest absolute Gasteiger partial charge is 0.260 e. The predicted molar refractivity (Wildman–Crippen MR) is 81.4 cm³/mol. The Morgan fingerprint density at radius 2 is 2.14 bits per heavy atom. The Bertz CT molecular complexity index is 508. The van der Waals surface area contributed by atoms with Crippen LogP contribution in [-0.4, -0.2) is 38.6 Å². The molecule has 0 saturated carbocycles. The Hall–Kier alpha value is -1.30. The highest BCUT2D eigenvalue weighted by atomic mass is 35.5. The molecule has 0 saturated heterocycles. The number of rotatable bonds is 8. The lowest BCUT2D eigenvalue weighted by molar-refractivity contribution is -0.127. The molecular weight excluding hydrogens is 317 g/mol. The second kappa shape index (κ2) is 8.87. The number of aldehydes is 1. The minimum absolute atomic E-state index is 0.149. The fraction of sp³-hybridized carbons (Fsp3) is 0.429. The van der Waals surface area contributed by atoms with Gasteiger partial charge in [-0.1, -0.05) is 23.2 Å². The van der Waals surface area contributed by atoms with Gasteiger partial charge in [0.25, 0.3) is 5.91 Å². The molecule has 0 aliphatic rings. The molecule has 1 amide bonds. The van der Waals surface area contributed by atoms with E-state index in [-0.39, 0.29) is 22.2 Å². The maximum atomic E-state index is 11.9. The summed E-state index contributed by atoms with van der Waals surface area (Å²) in [4.78, 5) is 22.9. The van der Waals surface area contributed by atoms with Crippen LogP contribution in [0, 0.1) is 0 Å². The normalized spacial score (nSPS) is 11.8. The van der Waals surface area contributed by atoms with E-state index in [9.17, 15) is 9.59 Å². The van der Waals surface area contributed by atoms with Crippen molar-refractivity contribution < 1.29 is 19.1 Å². The number of hydrogen-bond acceptors (Lipinski definition) is 4. The molecule has 0 radical (unpaired) electrons. The molecule has 1 unspecified atom stereocenters. The molecule has 0 fully saturated rings. The summed E-state index contributed by atoms with van der Waals surface area (Å²) in [6, 6.07) is 2.88. The number of hydrogen-bond donors (Lipinski definition) is 1. The van der Waals surface area contributed by atoms with Gasteiger partial charge in [0.15, 0.2) is 12.4 Å². The summed E-state index contributed by atoms with van der Waals surface area (Å²) in [7, 11) is 1.59. The van der Waals surface area contributed by atoms with E-state index < -0.39 is 6.10 Å². The van der Waals surface area contributed by atoms with Gasteiger partial charge in [0, 0.05) is 25.3 Å². The molecule has 0 bridgehead atoms. The zero-order valence-electron chi connectivity index (χ0n) is 11.8. The van der Waals surface area contributed by atoms with Gasteiger partial charge in [-0.05, 0) is 25.5 Å². The van der Waals surface area contributed by atoms with E-state index >= 15 is 0 Å². The van der Waals surface area contributed by atoms with Crippen molar-refractivity contribution in [2.24, 2.45) is 0 Å². The first-order valence-corrected chi connectivity index (χ1v) is 7.12. The Morgan fingerprint density at radius 3 is 2.76 bits per heavy atom. The van der Waals surface area contributed by atoms with E-state index in [0.717, 1.165) is 0 Å². The van der Waals surface area contributed by atoms with Crippen molar-refractivity contribution in [1.29, 1.82) is 0 Å². The first kappa shape index (κ1) is 17.8. The van der Waals surface area contributed by atoms with E-state index in [4.69, 9.17) is 32.7 Å². The van der Waals surface area contributed by atoms with Crippen LogP contribution in [0.5, 0.6) is 5.75 Å². The van der Waals surface area contributed by atoms with Crippen LogP contribution in [0.25, 0.3) is 0 Å². The average molecular weight is 334 g/mol. The zero-order chi connectivity index (χ0) is 15.8. The number of amides is 1. The summed E-state index contributed by atoms with van der Waals surface area (Å²) in [5.74, 6) is -0.149. The topological polar surface area (TPSA) is 64.6 Å². The van der Waals surface area contributed by atoms with Crippen molar-refractivity contribution in [2.75, 3.05) is 20.3 Å². The summed E-state index contributed by atoms with van der Waals surface area (Å²) < 4.78 is 10.4. The molecule has 1 aromatic carbocycles. The van der Waals surface area contributed by atoms with Gasteiger partial charge in [-0.2, -0.15) is 0 Å². The number of ether oxygens (including phenoxy) is 2. The van der Waals surface area contributed by atoms with Gasteiger partial charge in [-0.3, -0.25) is 9.59 Å².